The molecule has 2 heterocycles. The molecule has 0 saturated heterocycles. The Hall–Kier alpha value is -4.83. The molecule has 0 aliphatic carbocycles. The van der Waals surface area contributed by atoms with Gasteiger partial charge in [0.25, 0.3) is 23.6 Å². The molecule has 0 spiro atoms. The summed E-state index contributed by atoms with van der Waals surface area (Å²) in [4.78, 5) is 62.9. The number of unbranched alkanes of at least 4 members (excludes halogenated alkanes) is 4. The van der Waals surface area contributed by atoms with Crippen LogP contribution in [0.4, 0.5) is 5.69 Å². The number of aryl methyl sites for hydroxylation is 1. The van der Waals surface area contributed by atoms with Gasteiger partial charge in [-0.15, -0.1) is 0 Å². The molecule has 0 radical (unpaired) electrons. The SMILES string of the molecule is [C-]#[N+]c1cc2c3c(ccc4c5c(C)cc6c7c(ccc(c1c34)c75)C(=O)N([C@@H](C)CCCCC)C6=O)C(=O)N([C@@H](C)CCCCC)C2=O. The number of carbonyl (C=O) groups is 4. The molecule has 7 nitrogen and oxygen atoms in total. The van der Waals surface area contributed by atoms with Gasteiger partial charge in [-0.05, 0) is 95.8 Å². The van der Waals surface area contributed by atoms with Gasteiger partial charge in [-0.25, -0.2) is 4.85 Å². The summed E-state index contributed by atoms with van der Waals surface area (Å²) in [5.74, 6) is -1.25. The van der Waals surface area contributed by atoms with Crippen molar-refractivity contribution in [1.82, 2.24) is 9.80 Å². The second-order valence-electron chi connectivity index (χ2n) is 13.5. The molecule has 0 aromatic heterocycles. The van der Waals surface area contributed by atoms with Gasteiger partial charge in [-0.1, -0.05) is 64.5 Å². The Balaban J connectivity index is 1.50. The summed E-state index contributed by atoms with van der Waals surface area (Å²) in [6, 6.07) is 10.4. The molecular weight excluding hydrogens is 586 g/mol. The predicted octanol–water partition coefficient (Wildman–Crippen LogP) is 9.73. The van der Waals surface area contributed by atoms with Gasteiger partial charge in [0.2, 0.25) is 0 Å². The van der Waals surface area contributed by atoms with Crippen molar-refractivity contribution in [2.45, 2.75) is 98.1 Å². The molecule has 0 fully saturated rings. The highest BCUT2D eigenvalue weighted by atomic mass is 16.2. The van der Waals surface area contributed by atoms with E-state index in [2.05, 4.69) is 18.7 Å². The molecule has 7 rings (SSSR count). The molecule has 0 N–H and O–H groups in total. The Morgan fingerprint density at radius 3 is 1.53 bits per heavy atom. The minimum absolute atomic E-state index is 0.230. The van der Waals surface area contributed by atoms with Crippen LogP contribution in [-0.2, 0) is 0 Å². The first kappa shape index (κ1) is 30.8. The van der Waals surface area contributed by atoms with Crippen LogP contribution in [0.1, 0.15) is 126 Å². The largest absolute Gasteiger partial charge is 0.272 e. The first-order chi connectivity index (χ1) is 22.7. The molecule has 238 valence electrons. The fourth-order valence-electron chi connectivity index (χ4n) is 8.21. The summed E-state index contributed by atoms with van der Waals surface area (Å²) in [7, 11) is 0. The first-order valence-electron chi connectivity index (χ1n) is 17.0. The summed E-state index contributed by atoms with van der Waals surface area (Å²) in [6.07, 6.45) is 7.52. The zero-order valence-corrected chi connectivity index (χ0v) is 27.8. The highest BCUT2D eigenvalue weighted by Gasteiger charge is 2.40. The number of nitrogens with zero attached hydrogens (tertiary/aromatic N) is 3. The maximum Gasteiger partial charge on any atom is 0.261 e. The Labute approximate surface area is 274 Å². The van der Waals surface area contributed by atoms with Gasteiger partial charge >= 0.3 is 0 Å². The maximum absolute atomic E-state index is 14.1. The zero-order chi connectivity index (χ0) is 33.3. The summed E-state index contributed by atoms with van der Waals surface area (Å²) in [5, 5.41) is 5.74. The molecule has 5 aromatic carbocycles. The van der Waals surface area contributed by atoms with Gasteiger partial charge in [0.05, 0.1) is 6.57 Å². The molecule has 47 heavy (non-hydrogen) atoms. The lowest BCUT2D eigenvalue weighted by Crippen LogP contribution is -2.46. The molecule has 4 amide bonds. The molecule has 2 aliphatic heterocycles. The fraction of sp³-hybridized carbons (Fsp3) is 0.375. The minimum Gasteiger partial charge on any atom is -0.272 e. The van der Waals surface area contributed by atoms with Crippen LogP contribution in [0.5, 0.6) is 0 Å². The van der Waals surface area contributed by atoms with Crippen LogP contribution in [-0.4, -0.2) is 45.5 Å². The predicted molar refractivity (Wildman–Crippen MR) is 187 cm³/mol. The monoisotopic (exact) mass is 625 g/mol. The second kappa shape index (κ2) is 11.5. The molecule has 0 unspecified atom stereocenters. The number of hydrogen-bond acceptors (Lipinski definition) is 4. The first-order valence-corrected chi connectivity index (χ1v) is 17.0. The Morgan fingerprint density at radius 2 is 1.04 bits per heavy atom. The van der Waals surface area contributed by atoms with Crippen molar-refractivity contribution in [3.63, 3.8) is 0 Å². The molecule has 0 bridgehead atoms. The topological polar surface area (TPSA) is 79.1 Å². The van der Waals surface area contributed by atoms with Gasteiger partial charge in [0.15, 0.2) is 5.69 Å². The van der Waals surface area contributed by atoms with Gasteiger partial charge in [0, 0.05) is 45.1 Å². The van der Waals surface area contributed by atoms with Crippen molar-refractivity contribution < 1.29 is 19.2 Å². The molecule has 2 atom stereocenters. The standard InChI is InChI=1S/C40H39N3O4/c1-7-9-11-13-22(4)42-37(44)26-18-16-25-34-30(41-6)20-29-33-27(38(45)43(40(29)47)23(5)14-12-10-8-2)17-15-24(36(33)34)31-21(3)19-28(39(42)46)32(26)35(25)31/h15-20,22-23H,7-14H2,1-5H3/t22-,23-/m0/s1. The summed E-state index contributed by atoms with van der Waals surface area (Å²) < 4.78 is 0. The van der Waals surface area contributed by atoms with Gasteiger partial charge in [0.1, 0.15) is 0 Å². The molecule has 5 aromatic rings. The minimum atomic E-state index is -0.364. The van der Waals surface area contributed by atoms with Gasteiger partial charge in [-0.2, -0.15) is 0 Å². The lowest BCUT2D eigenvalue weighted by atomic mass is 9.80. The van der Waals surface area contributed by atoms with E-state index in [0.29, 0.717) is 49.5 Å². The fourth-order valence-corrected chi connectivity index (χ4v) is 8.21. The number of amides is 4. The van der Waals surface area contributed by atoms with E-state index in [0.717, 1.165) is 78.5 Å². The lowest BCUT2D eigenvalue weighted by Gasteiger charge is -2.34. The average molecular weight is 626 g/mol. The lowest BCUT2D eigenvalue weighted by molar-refractivity contribution is 0.0526. The van der Waals surface area contributed by atoms with E-state index in [1.165, 1.54) is 9.80 Å². The zero-order valence-electron chi connectivity index (χ0n) is 27.8. The van der Waals surface area contributed by atoms with Crippen molar-refractivity contribution in [2.24, 2.45) is 0 Å². The van der Waals surface area contributed by atoms with E-state index in [9.17, 15) is 19.2 Å². The highest BCUT2D eigenvalue weighted by molar-refractivity contribution is 6.43. The maximum atomic E-state index is 14.1. The molecule has 2 aliphatic rings. The number of rotatable bonds is 10. The Morgan fingerprint density at radius 1 is 0.596 bits per heavy atom. The smallest absolute Gasteiger partial charge is 0.261 e. The van der Waals surface area contributed by atoms with E-state index in [-0.39, 0.29) is 35.7 Å². The number of hydrogen-bond donors (Lipinski definition) is 0. The quantitative estimate of drug-likeness (QED) is 0.0509. The second-order valence-corrected chi connectivity index (χ2v) is 13.5. The van der Waals surface area contributed by atoms with Gasteiger partial charge < -0.3 is 0 Å². The van der Waals surface area contributed by atoms with Crippen LogP contribution >= 0.6 is 0 Å². The average Bonchev–Trinajstić information content (AvgIpc) is 3.06. The van der Waals surface area contributed by atoms with Gasteiger partial charge in [-0.3, -0.25) is 29.0 Å². The van der Waals surface area contributed by atoms with Crippen LogP contribution in [0.3, 0.4) is 0 Å². The number of carbonyl (C=O) groups excluding carboxylic acids is 4. The third-order valence-electron chi connectivity index (χ3n) is 10.5. The van der Waals surface area contributed by atoms with Crippen molar-refractivity contribution in [3.05, 3.63) is 75.6 Å². The summed E-state index contributed by atoms with van der Waals surface area (Å²) in [5.41, 5.74) is 3.00. The van der Waals surface area contributed by atoms with Crippen molar-refractivity contribution in [3.8, 4) is 0 Å². The number of imide groups is 2. The molecule has 7 heteroatoms. The van der Waals surface area contributed by atoms with Crippen molar-refractivity contribution in [1.29, 1.82) is 0 Å². The number of benzene rings is 5. The van der Waals surface area contributed by atoms with Crippen LogP contribution in [0.25, 0.3) is 47.9 Å². The summed E-state index contributed by atoms with van der Waals surface area (Å²) in [6.45, 7) is 18.3. The molecule has 0 saturated carbocycles. The van der Waals surface area contributed by atoms with Crippen LogP contribution < -0.4 is 0 Å². The van der Waals surface area contributed by atoms with E-state index in [4.69, 9.17) is 6.57 Å². The summed E-state index contributed by atoms with van der Waals surface area (Å²) >= 11 is 0. The van der Waals surface area contributed by atoms with Crippen molar-refractivity contribution in [2.75, 3.05) is 0 Å². The Kier molecular flexibility index (Phi) is 7.50. The third kappa shape index (κ3) is 4.30. The van der Waals surface area contributed by atoms with Crippen LogP contribution in [0.15, 0.2) is 36.4 Å². The third-order valence-corrected chi connectivity index (χ3v) is 10.5. The van der Waals surface area contributed by atoms with E-state index >= 15 is 0 Å². The number of fused-ring (bicyclic) bond motifs is 2. The highest BCUT2D eigenvalue weighted by Crippen LogP contribution is 2.50. The Bertz CT molecular complexity index is 2230. The van der Waals surface area contributed by atoms with E-state index in [1.807, 2.05) is 39.0 Å². The van der Waals surface area contributed by atoms with Crippen LogP contribution in [0, 0.1) is 13.5 Å². The molecular formula is C40H39N3O4. The van der Waals surface area contributed by atoms with Crippen molar-refractivity contribution >= 4 is 72.4 Å². The van der Waals surface area contributed by atoms with E-state index in [1.54, 1.807) is 18.2 Å². The normalized spacial score (nSPS) is 15.9. The van der Waals surface area contributed by atoms with E-state index < -0.39 is 0 Å². The van der Waals surface area contributed by atoms with Crippen LogP contribution in [0.2, 0.25) is 0 Å².